The second-order valence-corrected chi connectivity index (χ2v) is 2.47. The van der Waals surface area contributed by atoms with Crippen molar-refractivity contribution in [3.63, 3.8) is 0 Å². The van der Waals surface area contributed by atoms with Crippen LogP contribution < -0.4 is 5.90 Å². The van der Waals surface area contributed by atoms with Gasteiger partial charge in [-0.1, -0.05) is 0 Å². The minimum absolute atomic E-state index is 0.179. The number of aliphatic hydroxyl groups is 4. The molecule has 0 aliphatic carbocycles. The van der Waals surface area contributed by atoms with E-state index < -0.39 is 31.0 Å². The third kappa shape index (κ3) is 3.35. The van der Waals surface area contributed by atoms with Gasteiger partial charge in [-0.3, -0.25) is 4.84 Å². The molecule has 0 bridgehead atoms. The van der Waals surface area contributed by atoms with Crippen molar-refractivity contribution >= 4 is 6.29 Å². The monoisotopic (exact) mass is 195 g/mol. The fourth-order valence-corrected chi connectivity index (χ4v) is 0.723. The average molecular weight is 195 g/mol. The van der Waals surface area contributed by atoms with Gasteiger partial charge in [0.05, 0.1) is 6.61 Å². The Labute approximate surface area is 74.3 Å². The quantitative estimate of drug-likeness (QED) is 0.219. The first-order valence-electron chi connectivity index (χ1n) is 3.54. The van der Waals surface area contributed by atoms with Gasteiger partial charge >= 0.3 is 0 Å². The summed E-state index contributed by atoms with van der Waals surface area (Å²) in [5.74, 6) is 4.62. The highest BCUT2D eigenvalue weighted by Gasteiger charge is 2.31. The van der Waals surface area contributed by atoms with Crippen molar-refractivity contribution in [3.05, 3.63) is 0 Å². The fourth-order valence-electron chi connectivity index (χ4n) is 0.723. The maximum Gasteiger partial charge on any atom is 0.162 e. The molecule has 7 heteroatoms. The molecule has 78 valence electrons. The Balaban J connectivity index is 4.21. The Hall–Kier alpha value is -0.570. The van der Waals surface area contributed by atoms with Crippen LogP contribution >= 0.6 is 0 Å². The second-order valence-electron chi connectivity index (χ2n) is 2.47. The molecule has 0 heterocycles. The van der Waals surface area contributed by atoms with Crippen molar-refractivity contribution in [2.75, 3.05) is 6.61 Å². The predicted octanol–water partition coefficient (Wildman–Crippen LogP) is -3.48. The minimum Gasteiger partial charge on any atom is -0.394 e. The molecule has 6 N–H and O–H groups in total. The number of rotatable bonds is 6. The lowest BCUT2D eigenvalue weighted by molar-refractivity contribution is -0.146. The molecule has 0 spiro atoms. The number of hydrogen-bond donors (Lipinski definition) is 5. The van der Waals surface area contributed by atoms with Crippen LogP contribution in [0.4, 0.5) is 0 Å². The van der Waals surface area contributed by atoms with E-state index in [-0.39, 0.29) is 6.29 Å². The molecule has 0 amide bonds. The molecule has 0 saturated heterocycles. The molecule has 13 heavy (non-hydrogen) atoms. The van der Waals surface area contributed by atoms with Crippen LogP contribution in [0.3, 0.4) is 0 Å². The molecule has 0 unspecified atom stereocenters. The van der Waals surface area contributed by atoms with Gasteiger partial charge in [-0.15, -0.1) is 0 Å². The number of nitrogens with two attached hydrogens (primary N) is 1. The van der Waals surface area contributed by atoms with Crippen LogP contribution in [-0.2, 0) is 9.63 Å². The smallest absolute Gasteiger partial charge is 0.162 e. The van der Waals surface area contributed by atoms with E-state index in [2.05, 4.69) is 10.7 Å². The fraction of sp³-hybridized carbons (Fsp3) is 0.833. The number of carbonyl (C=O) groups excluding carboxylic acids is 1. The molecule has 0 radical (unpaired) electrons. The molecule has 4 atom stereocenters. The Bertz CT molecular complexity index is 154. The van der Waals surface area contributed by atoms with Crippen LogP contribution in [0.5, 0.6) is 0 Å². The summed E-state index contributed by atoms with van der Waals surface area (Å²) >= 11 is 0. The normalized spacial score (nSPS) is 20.4. The van der Waals surface area contributed by atoms with E-state index >= 15 is 0 Å². The van der Waals surface area contributed by atoms with Gasteiger partial charge in [0, 0.05) is 0 Å². The van der Waals surface area contributed by atoms with Crippen LogP contribution in [0.25, 0.3) is 0 Å². The number of aliphatic hydroxyl groups excluding tert-OH is 4. The SMILES string of the molecule is NO[C@@H](C=O)[C@@H](O)[C@H](O)[C@H](O)CO. The molecule has 0 aromatic rings. The Morgan fingerprint density at radius 3 is 2.15 bits per heavy atom. The first kappa shape index (κ1) is 12.4. The van der Waals surface area contributed by atoms with Crippen LogP contribution in [0, 0.1) is 0 Å². The van der Waals surface area contributed by atoms with Crippen molar-refractivity contribution < 1.29 is 30.1 Å². The summed E-state index contributed by atoms with van der Waals surface area (Å²) in [4.78, 5) is 14.2. The standard InChI is InChI=1S/C6H13NO6/c7-13-4(2-9)6(12)5(11)3(10)1-8/h2-6,8,10-12H,1,7H2/t3-,4+,5-,6-/m1/s1. The van der Waals surface area contributed by atoms with Gasteiger partial charge in [-0.25, -0.2) is 5.90 Å². The van der Waals surface area contributed by atoms with E-state index in [0.29, 0.717) is 0 Å². The molecular formula is C6H13NO6. The third-order valence-electron chi connectivity index (χ3n) is 1.56. The van der Waals surface area contributed by atoms with E-state index in [9.17, 15) is 4.79 Å². The summed E-state index contributed by atoms with van der Waals surface area (Å²) in [5.41, 5.74) is 0. The molecule has 0 fully saturated rings. The van der Waals surface area contributed by atoms with Crippen LogP contribution in [0.2, 0.25) is 0 Å². The van der Waals surface area contributed by atoms with Crippen molar-refractivity contribution in [1.82, 2.24) is 0 Å². The van der Waals surface area contributed by atoms with Crippen LogP contribution in [-0.4, -0.2) is 57.7 Å². The van der Waals surface area contributed by atoms with Crippen LogP contribution in [0.1, 0.15) is 0 Å². The topological polar surface area (TPSA) is 133 Å². The molecule has 0 rings (SSSR count). The van der Waals surface area contributed by atoms with Gasteiger partial charge in [0.1, 0.15) is 18.3 Å². The van der Waals surface area contributed by atoms with E-state index in [4.69, 9.17) is 20.4 Å². The zero-order valence-corrected chi connectivity index (χ0v) is 6.78. The average Bonchev–Trinajstić information content (AvgIpc) is 2.17. The summed E-state index contributed by atoms with van der Waals surface area (Å²) in [6.45, 7) is -0.742. The molecule has 0 saturated carbocycles. The Morgan fingerprint density at radius 2 is 1.85 bits per heavy atom. The highest BCUT2D eigenvalue weighted by atomic mass is 16.6. The van der Waals surface area contributed by atoms with E-state index in [1.54, 1.807) is 0 Å². The summed E-state index contributed by atoms with van der Waals surface area (Å²) < 4.78 is 0. The summed E-state index contributed by atoms with van der Waals surface area (Å²) in [7, 11) is 0. The molecule has 0 aromatic heterocycles. The minimum atomic E-state index is -1.69. The zero-order valence-electron chi connectivity index (χ0n) is 6.78. The van der Waals surface area contributed by atoms with Gasteiger partial charge in [0.25, 0.3) is 0 Å². The van der Waals surface area contributed by atoms with Gasteiger partial charge in [0.15, 0.2) is 12.4 Å². The highest BCUT2D eigenvalue weighted by Crippen LogP contribution is 2.04. The van der Waals surface area contributed by atoms with E-state index in [1.165, 1.54) is 0 Å². The molecule has 7 nitrogen and oxygen atoms in total. The third-order valence-corrected chi connectivity index (χ3v) is 1.56. The predicted molar refractivity (Wildman–Crippen MR) is 40.2 cm³/mol. The zero-order chi connectivity index (χ0) is 10.4. The largest absolute Gasteiger partial charge is 0.394 e. The lowest BCUT2D eigenvalue weighted by Crippen LogP contribution is -2.48. The van der Waals surface area contributed by atoms with Gasteiger partial charge in [0.2, 0.25) is 0 Å². The summed E-state index contributed by atoms with van der Waals surface area (Å²) in [6.07, 6.45) is -6.17. The number of aldehydes is 1. The van der Waals surface area contributed by atoms with Crippen molar-refractivity contribution in [1.29, 1.82) is 0 Å². The van der Waals surface area contributed by atoms with E-state index in [0.717, 1.165) is 0 Å². The highest BCUT2D eigenvalue weighted by molar-refractivity contribution is 5.57. The van der Waals surface area contributed by atoms with E-state index in [1.807, 2.05) is 0 Å². The first-order valence-corrected chi connectivity index (χ1v) is 3.54. The summed E-state index contributed by atoms with van der Waals surface area (Å²) in [5, 5.41) is 35.5. The molecule has 0 aliphatic rings. The second kappa shape index (κ2) is 5.97. The first-order chi connectivity index (χ1) is 6.08. The van der Waals surface area contributed by atoms with Crippen molar-refractivity contribution in [2.24, 2.45) is 5.90 Å². The van der Waals surface area contributed by atoms with Crippen LogP contribution in [0.15, 0.2) is 0 Å². The maximum atomic E-state index is 10.2. The molecule has 0 aliphatic heterocycles. The maximum absolute atomic E-state index is 10.2. The van der Waals surface area contributed by atoms with Crippen molar-refractivity contribution in [2.45, 2.75) is 24.4 Å². The number of carbonyl (C=O) groups is 1. The summed E-state index contributed by atoms with van der Waals surface area (Å²) in [6, 6.07) is 0. The van der Waals surface area contributed by atoms with Gasteiger partial charge in [-0.05, 0) is 0 Å². The number of hydrogen-bond acceptors (Lipinski definition) is 7. The lowest BCUT2D eigenvalue weighted by Gasteiger charge is -2.23. The van der Waals surface area contributed by atoms with Gasteiger partial charge < -0.3 is 25.2 Å². The van der Waals surface area contributed by atoms with Crippen molar-refractivity contribution in [3.8, 4) is 0 Å². The Kier molecular flexibility index (Phi) is 5.71. The lowest BCUT2D eigenvalue weighted by atomic mass is 10.0. The molecule has 0 aromatic carbocycles. The molecular weight excluding hydrogens is 182 g/mol. The van der Waals surface area contributed by atoms with Gasteiger partial charge in [-0.2, -0.15) is 0 Å². The Morgan fingerprint density at radius 1 is 1.31 bits per heavy atom.